The van der Waals surface area contributed by atoms with Gasteiger partial charge in [-0.25, -0.2) is 0 Å². The first kappa shape index (κ1) is 12.1. The van der Waals surface area contributed by atoms with Gasteiger partial charge in [0.05, 0.1) is 0 Å². The van der Waals surface area contributed by atoms with Crippen molar-refractivity contribution in [3.8, 4) is 0 Å². The Morgan fingerprint density at radius 2 is 1.94 bits per heavy atom. The fourth-order valence-corrected chi connectivity index (χ4v) is 3.78. The van der Waals surface area contributed by atoms with Crippen molar-refractivity contribution in [3.63, 3.8) is 0 Å². The lowest BCUT2D eigenvalue weighted by molar-refractivity contribution is 0.224. The summed E-state index contributed by atoms with van der Waals surface area (Å²) in [7, 11) is 8.15. The van der Waals surface area contributed by atoms with E-state index in [1.165, 1.54) is 44.3 Å². The summed E-state index contributed by atoms with van der Waals surface area (Å²) in [6.07, 6.45) is 6.80. The van der Waals surface area contributed by atoms with Crippen LogP contribution in [0, 0.1) is 5.92 Å². The largest absolute Gasteiger partial charge is 0.374 e. The molecule has 0 amide bonds. The van der Waals surface area contributed by atoms with Crippen molar-refractivity contribution in [2.75, 3.05) is 18.5 Å². The highest BCUT2D eigenvalue weighted by Crippen LogP contribution is 2.49. The molecule has 1 aromatic rings. The molecule has 18 heavy (non-hydrogen) atoms. The van der Waals surface area contributed by atoms with E-state index in [1.807, 2.05) is 0 Å². The number of hydrogen-bond donors (Lipinski definition) is 0. The summed E-state index contributed by atoms with van der Waals surface area (Å²) >= 11 is 0. The van der Waals surface area contributed by atoms with Gasteiger partial charge in [-0.2, -0.15) is 0 Å². The molecule has 1 spiro atoms. The average molecular weight is 239 g/mol. The van der Waals surface area contributed by atoms with Crippen molar-refractivity contribution in [1.82, 2.24) is 0 Å². The molecule has 1 aromatic carbocycles. The van der Waals surface area contributed by atoms with E-state index >= 15 is 0 Å². The summed E-state index contributed by atoms with van der Waals surface area (Å²) < 4.78 is 0. The van der Waals surface area contributed by atoms with Crippen LogP contribution in [-0.2, 0) is 5.41 Å². The van der Waals surface area contributed by atoms with Crippen molar-refractivity contribution in [1.29, 1.82) is 0 Å². The first-order valence-corrected chi connectivity index (χ1v) is 7.22. The molecule has 1 heterocycles. The lowest BCUT2D eigenvalue weighted by atomic mass is 9.63. The standard InChI is InChI=1S/C16H22BN/c1-12-5-7-16(8-6-12)9-10-18(2)15-11-13(17)3-4-14(15)16/h3-4,11-12H,5-10H2,1-2H3. The molecule has 2 heteroatoms. The Bertz CT molecular complexity index is 446. The van der Waals surface area contributed by atoms with Crippen LogP contribution >= 0.6 is 0 Å². The maximum atomic E-state index is 5.96. The number of hydrogen-bond acceptors (Lipinski definition) is 1. The van der Waals surface area contributed by atoms with Crippen LogP contribution in [0.25, 0.3) is 0 Å². The SMILES string of the molecule is [B]c1ccc2c(c1)N(C)CCC21CCC(C)CC1. The molecular weight excluding hydrogens is 217 g/mol. The summed E-state index contributed by atoms with van der Waals surface area (Å²) in [6, 6.07) is 6.53. The quantitative estimate of drug-likeness (QED) is 0.629. The zero-order chi connectivity index (χ0) is 12.8. The van der Waals surface area contributed by atoms with Gasteiger partial charge in [-0.3, -0.25) is 0 Å². The second-order valence-electron chi connectivity index (χ2n) is 6.41. The smallest absolute Gasteiger partial charge is 0.113 e. The van der Waals surface area contributed by atoms with E-state index in [4.69, 9.17) is 7.85 Å². The Morgan fingerprint density at radius 1 is 1.22 bits per heavy atom. The number of anilines is 1. The Morgan fingerprint density at radius 3 is 2.67 bits per heavy atom. The maximum Gasteiger partial charge on any atom is 0.113 e. The molecule has 1 fully saturated rings. The molecule has 3 rings (SSSR count). The maximum absolute atomic E-state index is 5.96. The highest BCUT2D eigenvalue weighted by molar-refractivity contribution is 6.32. The van der Waals surface area contributed by atoms with E-state index in [1.54, 1.807) is 5.56 Å². The topological polar surface area (TPSA) is 3.24 Å². The molecule has 1 saturated carbocycles. The van der Waals surface area contributed by atoms with Gasteiger partial charge in [0, 0.05) is 19.3 Å². The summed E-state index contributed by atoms with van der Waals surface area (Å²) in [5, 5.41) is 0. The Labute approximate surface area is 112 Å². The zero-order valence-corrected chi connectivity index (χ0v) is 11.6. The molecular formula is C16H22BN. The van der Waals surface area contributed by atoms with Gasteiger partial charge < -0.3 is 4.90 Å². The molecule has 0 aromatic heterocycles. The summed E-state index contributed by atoms with van der Waals surface area (Å²) in [5.74, 6) is 0.910. The van der Waals surface area contributed by atoms with Gasteiger partial charge in [0.1, 0.15) is 7.85 Å². The molecule has 0 saturated heterocycles. The van der Waals surface area contributed by atoms with Crippen LogP contribution in [0.2, 0.25) is 0 Å². The van der Waals surface area contributed by atoms with E-state index in [9.17, 15) is 0 Å². The normalized spacial score (nSPS) is 31.4. The lowest BCUT2D eigenvalue weighted by Gasteiger charge is -2.46. The molecule has 2 radical (unpaired) electrons. The van der Waals surface area contributed by atoms with Gasteiger partial charge in [0.25, 0.3) is 0 Å². The zero-order valence-electron chi connectivity index (χ0n) is 11.6. The minimum absolute atomic E-state index is 0.446. The molecule has 0 bridgehead atoms. The predicted octanol–water partition coefficient (Wildman–Crippen LogP) is 2.77. The summed E-state index contributed by atoms with van der Waals surface area (Å²) in [4.78, 5) is 2.37. The number of nitrogens with zero attached hydrogens (tertiary/aromatic N) is 1. The van der Waals surface area contributed by atoms with Gasteiger partial charge in [0.15, 0.2) is 0 Å². The van der Waals surface area contributed by atoms with Crippen LogP contribution < -0.4 is 10.4 Å². The average Bonchev–Trinajstić information content (AvgIpc) is 2.37. The second kappa shape index (κ2) is 4.33. The summed E-state index contributed by atoms with van der Waals surface area (Å²) in [5.41, 5.74) is 4.26. The molecule has 2 aliphatic rings. The second-order valence-corrected chi connectivity index (χ2v) is 6.41. The van der Waals surface area contributed by atoms with Gasteiger partial charge >= 0.3 is 0 Å². The molecule has 1 aliphatic carbocycles. The van der Waals surface area contributed by atoms with Crippen molar-refractivity contribution >= 4 is 19.0 Å². The Kier molecular flexibility index (Phi) is 2.92. The van der Waals surface area contributed by atoms with Crippen LogP contribution in [-0.4, -0.2) is 21.4 Å². The van der Waals surface area contributed by atoms with Crippen molar-refractivity contribution in [2.45, 2.75) is 44.4 Å². The minimum Gasteiger partial charge on any atom is -0.374 e. The molecule has 0 atom stereocenters. The highest BCUT2D eigenvalue weighted by Gasteiger charge is 2.40. The van der Waals surface area contributed by atoms with E-state index in [2.05, 4.69) is 37.1 Å². The minimum atomic E-state index is 0.446. The number of fused-ring (bicyclic) bond motifs is 2. The third-order valence-corrected chi connectivity index (χ3v) is 5.16. The van der Waals surface area contributed by atoms with E-state index in [0.717, 1.165) is 11.4 Å². The van der Waals surface area contributed by atoms with Crippen molar-refractivity contribution in [2.24, 2.45) is 5.92 Å². The molecule has 1 nitrogen and oxygen atoms in total. The Balaban J connectivity index is 2.02. The predicted molar refractivity (Wildman–Crippen MR) is 79.0 cm³/mol. The fraction of sp³-hybridized carbons (Fsp3) is 0.625. The lowest BCUT2D eigenvalue weighted by Crippen LogP contribution is -2.41. The summed E-state index contributed by atoms with van der Waals surface area (Å²) in [6.45, 7) is 3.57. The van der Waals surface area contributed by atoms with Gasteiger partial charge in [-0.1, -0.05) is 24.5 Å². The monoisotopic (exact) mass is 239 g/mol. The number of rotatable bonds is 0. The molecule has 0 N–H and O–H groups in total. The van der Waals surface area contributed by atoms with Crippen LogP contribution in [0.1, 0.15) is 44.6 Å². The third-order valence-electron chi connectivity index (χ3n) is 5.16. The van der Waals surface area contributed by atoms with Crippen molar-refractivity contribution < 1.29 is 0 Å². The molecule has 0 unspecified atom stereocenters. The molecule has 94 valence electrons. The van der Waals surface area contributed by atoms with Crippen LogP contribution in [0.5, 0.6) is 0 Å². The van der Waals surface area contributed by atoms with E-state index in [0.29, 0.717) is 5.41 Å². The van der Waals surface area contributed by atoms with E-state index < -0.39 is 0 Å². The highest BCUT2D eigenvalue weighted by atomic mass is 15.1. The Hall–Kier alpha value is -0.915. The van der Waals surface area contributed by atoms with Crippen LogP contribution in [0.15, 0.2) is 18.2 Å². The fourth-order valence-electron chi connectivity index (χ4n) is 3.78. The van der Waals surface area contributed by atoms with Gasteiger partial charge in [0.2, 0.25) is 0 Å². The van der Waals surface area contributed by atoms with Gasteiger partial charge in [-0.05, 0) is 55.1 Å². The third kappa shape index (κ3) is 1.86. The van der Waals surface area contributed by atoms with Crippen molar-refractivity contribution in [3.05, 3.63) is 23.8 Å². The number of benzene rings is 1. The first-order valence-electron chi connectivity index (χ1n) is 7.22. The van der Waals surface area contributed by atoms with Gasteiger partial charge in [-0.15, -0.1) is 0 Å². The van der Waals surface area contributed by atoms with Crippen LogP contribution in [0.4, 0.5) is 5.69 Å². The van der Waals surface area contributed by atoms with Crippen LogP contribution in [0.3, 0.4) is 0 Å². The first-order chi connectivity index (χ1) is 8.61. The van der Waals surface area contributed by atoms with E-state index in [-0.39, 0.29) is 0 Å². The molecule has 1 aliphatic heterocycles.